The van der Waals surface area contributed by atoms with Crippen LogP contribution >= 0.6 is 11.8 Å². The number of methoxy groups -OCH3 is 1. The predicted molar refractivity (Wildman–Crippen MR) is 154 cm³/mol. The van der Waals surface area contributed by atoms with Crippen molar-refractivity contribution in [2.45, 2.75) is 18.6 Å². The quantitative estimate of drug-likeness (QED) is 0.245. The Morgan fingerprint density at radius 2 is 1.69 bits per heavy atom. The third kappa shape index (κ3) is 5.94. The molecule has 0 unspecified atom stereocenters. The number of carbonyl (C=O) groups is 2. The van der Waals surface area contributed by atoms with Gasteiger partial charge in [-0.25, -0.2) is 0 Å². The molecule has 4 aromatic carbocycles. The van der Waals surface area contributed by atoms with Crippen LogP contribution in [0.1, 0.15) is 21.7 Å². The zero-order valence-electron chi connectivity index (χ0n) is 21.5. The number of carbonyl (C=O) groups excluding carboxylic acids is 2. The van der Waals surface area contributed by atoms with Gasteiger partial charge in [-0.2, -0.15) is 0 Å². The highest BCUT2D eigenvalue weighted by Crippen LogP contribution is 2.29. The third-order valence-electron chi connectivity index (χ3n) is 6.10. The number of hydrogen-bond donors (Lipinski definition) is 2. The number of para-hydroxylation sites is 2. The van der Waals surface area contributed by atoms with Gasteiger partial charge in [-0.15, -0.1) is 10.2 Å². The van der Waals surface area contributed by atoms with Crippen molar-refractivity contribution >= 4 is 40.0 Å². The molecule has 1 aromatic heterocycles. The zero-order valence-corrected chi connectivity index (χ0v) is 22.4. The first-order chi connectivity index (χ1) is 19.0. The zero-order chi connectivity index (χ0) is 27.2. The lowest BCUT2D eigenvalue weighted by Crippen LogP contribution is -2.25. The number of anilines is 1. The second-order valence-electron chi connectivity index (χ2n) is 8.82. The Balaban J connectivity index is 1.38. The molecule has 39 heavy (non-hydrogen) atoms. The van der Waals surface area contributed by atoms with E-state index in [4.69, 9.17) is 4.74 Å². The SMILES string of the molecule is COc1ccccc1-n1c(CNC(=O)c2cccc3ccccc23)nnc1SCC(=O)Nc1cccc(C)c1. The summed E-state index contributed by atoms with van der Waals surface area (Å²) in [5.41, 5.74) is 3.09. The van der Waals surface area contributed by atoms with E-state index in [2.05, 4.69) is 20.8 Å². The number of nitrogens with zero attached hydrogens (tertiary/aromatic N) is 3. The largest absolute Gasteiger partial charge is 0.495 e. The fraction of sp³-hybridized carbons (Fsp3) is 0.133. The van der Waals surface area contributed by atoms with Crippen LogP contribution in [0.4, 0.5) is 5.69 Å². The van der Waals surface area contributed by atoms with Crippen LogP contribution in [0.15, 0.2) is 96.2 Å². The number of rotatable bonds is 9. The molecule has 196 valence electrons. The molecule has 5 aromatic rings. The van der Waals surface area contributed by atoms with E-state index >= 15 is 0 Å². The molecule has 9 heteroatoms. The molecular weight excluding hydrogens is 510 g/mol. The molecule has 2 N–H and O–H groups in total. The maximum absolute atomic E-state index is 13.2. The number of hydrogen-bond acceptors (Lipinski definition) is 6. The monoisotopic (exact) mass is 537 g/mol. The number of thioether (sulfide) groups is 1. The molecule has 0 saturated carbocycles. The van der Waals surface area contributed by atoms with Crippen molar-refractivity contribution in [2.75, 3.05) is 18.2 Å². The molecule has 0 bridgehead atoms. The molecule has 0 aliphatic carbocycles. The van der Waals surface area contributed by atoms with Gasteiger partial charge in [0.2, 0.25) is 5.91 Å². The van der Waals surface area contributed by atoms with Gasteiger partial charge in [0.05, 0.1) is 25.1 Å². The number of fused-ring (bicyclic) bond motifs is 1. The second-order valence-corrected chi connectivity index (χ2v) is 9.76. The van der Waals surface area contributed by atoms with Gasteiger partial charge in [-0.3, -0.25) is 14.2 Å². The lowest BCUT2D eigenvalue weighted by molar-refractivity contribution is -0.113. The summed E-state index contributed by atoms with van der Waals surface area (Å²) in [6.07, 6.45) is 0. The molecule has 0 fully saturated rings. The first-order valence-electron chi connectivity index (χ1n) is 12.4. The average molecular weight is 538 g/mol. The number of benzene rings is 4. The molecule has 0 aliphatic rings. The lowest BCUT2D eigenvalue weighted by Gasteiger charge is -2.14. The van der Waals surface area contributed by atoms with E-state index in [1.54, 1.807) is 13.2 Å². The third-order valence-corrected chi connectivity index (χ3v) is 7.03. The normalized spacial score (nSPS) is 10.8. The Morgan fingerprint density at radius 3 is 2.54 bits per heavy atom. The van der Waals surface area contributed by atoms with E-state index in [1.165, 1.54) is 11.8 Å². The summed E-state index contributed by atoms with van der Waals surface area (Å²) < 4.78 is 7.40. The highest BCUT2D eigenvalue weighted by molar-refractivity contribution is 7.99. The fourth-order valence-electron chi connectivity index (χ4n) is 4.29. The van der Waals surface area contributed by atoms with Crippen LogP contribution in [0.5, 0.6) is 5.75 Å². The number of amides is 2. The Kier molecular flexibility index (Phi) is 7.88. The number of aryl methyl sites for hydroxylation is 1. The van der Waals surface area contributed by atoms with Crippen LogP contribution in [0.3, 0.4) is 0 Å². The number of aromatic nitrogens is 3. The van der Waals surface area contributed by atoms with Gasteiger partial charge >= 0.3 is 0 Å². The van der Waals surface area contributed by atoms with Crippen molar-refractivity contribution in [3.8, 4) is 11.4 Å². The summed E-state index contributed by atoms with van der Waals surface area (Å²) in [5.74, 6) is 0.877. The Bertz CT molecular complexity index is 1640. The van der Waals surface area contributed by atoms with Crippen molar-refractivity contribution in [1.29, 1.82) is 0 Å². The minimum absolute atomic E-state index is 0.128. The molecule has 0 atom stereocenters. The van der Waals surface area contributed by atoms with Gasteiger partial charge in [-0.05, 0) is 53.6 Å². The molecule has 0 saturated heterocycles. The molecule has 0 radical (unpaired) electrons. The molecule has 5 rings (SSSR count). The van der Waals surface area contributed by atoms with Crippen LogP contribution in [0.25, 0.3) is 16.5 Å². The lowest BCUT2D eigenvalue weighted by atomic mass is 10.0. The summed E-state index contributed by atoms with van der Waals surface area (Å²) in [7, 11) is 1.59. The van der Waals surface area contributed by atoms with Gasteiger partial charge < -0.3 is 15.4 Å². The second kappa shape index (κ2) is 11.8. The predicted octanol–water partition coefficient (Wildman–Crippen LogP) is 5.40. The number of nitrogens with one attached hydrogen (secondary N) is 2. The summed E-state index contributed by atoms with van der Waals surface area (Å²) in [6.45, 7) is 2.10. The van der Waals surface area contributed by atoms with E-state index in [0.29, 0.717) is 28.0 Å². The Hall–Kier alpha value is -4.63. The van der Waals surface area contributed by atoms with E-state index in [9.17, 15) is 9.59 Å². The van der Waals surface area contributed by atoms with E-state index in [1.807, 2.05) is 96.4 Å². The van der Waals surface area contributed by atoms with E-state index in [0.717, 1.165) is 22.0 Å². The van der Waals surface area contributed by atoms with Crippen LogP contribution < -0.4 is 15.4 Å². The van der Waals surface area contributed by atoms with Gasteiger partial charge in [0.25, 0.3) is 5.91 Å². The summed E-state index contributed by atoms with van der Waals surface area (Å²) in [4.78, 5) is 25.9. The van der Waals surface area contributed by atoms with Gasteiger partial charge in [0.15, 0.2) is 11.0 Å². The molecule has 0 spiro atoms. The van der Waals surface area contributed by atoms with Gasteiger partial charge in [0.1, 0.15) is 5.75 Å². The van der Waals surface area contributed by atoms with Gasteiger partial charge in [-0.1, -0.05) is 72.4 Å². The summed E-state index contributed by atoms with van der Waals surface area (Å²) in [6, 6.07) is 28.5. The minimum atomic E-state index is -0.215. The first-order valence-corrected chi connectivity index (χ1v) is 13.3. The maximum atomic E-state index is 13.2. The molecule has 8 nitrogen and oxygen atoms in total. The Labute approximate surface area is 230 Å². The maximum Gasteiger partial charge on any atom is 0.252 e. The number of ether oxygens (including phenoxy) is 1. The van der Waals surface area contributed by atoms with E-state index in [-0.39, 0.29) is 24.1 Å². The Morgan fingerprint density at radius 1 is 0.923 bits per heavy atom. The summed E-state index contributed by atoms with van der Waals surface area (Å²) >= 11 is 1.26. The standard InChI is InChI=1S/C30H27N5O3S/c1-20-9-7-12-22(17-20)32-28(36)19-39-30-34-33-27(35(30)25-15-5-6-16-26(25)38-2)18-31-29(37)24-14-8-11-21-10-3-4-13-23(21)24/h3-17H,18-19H2,1-2H3,(H,31,37)(H,32,36). The van der Waals surface area contributed by atoms with Crippen LogP contribution in [0, 0.1) is 6.92 Å². The van der Waals surface area contributed by atoms with Crippen molar-refractivity contribution in [1.82, 2.24) is 20.1 Å². The van der Waals surface area contributed by atoms with Crippen LogP contribution in [0.2, 0.25) is 0 Å². The highest BCUT2D eigenvalue weighted by atomic mass is 32.2. The highest BCUT2D eigenvalue weighted by Gasteiger charge is 2.20. The average Bonchev–Trinajstić information content (AvgIpc) is 3.37. The van der Waals surface area contributed by atoms with Gasteiger partial charge in [0, 0.05) is 11.3 Å². The molecule has 1 heterocycles. The summed E-state index contributed by atoms with van der Waals surface area (Å²) in [5, 5.41) is 17.0. The minimum Gasteiger partial charge on any atom is -0.495 e. The van der Waals surface area contributed by atoms with E-state index < -0.39 is 0 Å². The fourth-order valence-corrected chi connectivity index (χ4v) is 5.06. The van der Waals surface area contributed by atoms with Crippen LogP contribution in [-0.2, 0) is 11.3 Å². The van der Waals surface area contributed by atoms with Crippen molar-refractivity contribution in [3.63, 3.8) is 0 Å². The van der Waals surface area contributed by atoms with Crippen LogP contribution in [-0.4, -0.2) is 39.4 Å². The molecule has 0 aliphatic heterocycles. The van der Waals surface area contributed by atoms with Crippen molar-refractivity contribution < 1.29 is 14.3 Å². The smallest absolute Gasteiger partial charge is 0.252 e. The topological polar surface area (TPSA) is 98.1 Å². The first kappa shape index (κ1) is 26.0. The van der Waals surface area contributed by atoms with Crippen molar-refractivity contribution in [2.24, 2.45) is 0 Å². The van der Waals surface area contributed by atoms with Crippen molar-refractivity contribution in [3.05, 3.63) is 108 Å². The molecular formula is C30H27N5O3S. The molecule has 2 amide bonds.